The van der Waals surface area contributed by atoms with Crippen molar-refractivity contribution in [3.8, 4) is 16.9 Å². The van der Waals surface area contributed by atoms with Crippen molar-refractivity contribution in [3.05, 3.63) is 105 Å². The molecule has 0 fully saturated rings. The van der Waals surface area contributed by atoms with E-state index in [1.807, 2.05) is 44.3 Å². The van der Waals surface area contributed by atoms with Crippen LogP contribution in [0.3, 0.4) is 0 Å². The molecular formula is C37H38FN3O4. The highest BCUT2D eigenvalue weighted by Crippen LogP contribution is 2.41. The van der Waals surface area contributed by atoms with Gasteiger partial charge < -0.3 is 19.1 Å². The molecule has 0 saturated heterocycles. The predicted molar refractivity (Wildman–Crippen MR) is 171 cm³/mol. The van der Waals surface area contributed by atoms with E-state index in [9.17, 15) is 9.90 Å². The summed E-state index contributed by atoms with van der Waals surface area (Å²) >= 11 is 0. The van der Waals surface area contributed by atoms with Crippen LogP contribution in [0.25, 0.3) is 22.0 Å². The van der Waals surface area contributed by atoms with Gasteiger partial charge in [-0.25, -0.2) is 9.18 Å². The number of fused-ring (bicyclic) bond motifs is 4. The topological polar surface area (TPSA) is 78.5 Å². The van der Waals surface area contributed by atoms with Crippen molar-refractivity contribution in [2.75, 3.05) is 6.61 Å². The Morgan fingerprint density at radius 2 is 1.80 bits per heavy atom. The average molecular weight is 608 g/mol. The van der Waals surface area contributed by atoms with Crippen LogP contribution in [0.15, 0.2) is 54.6 Å². The Balaban J connectivity index is 1.36. The first-order chi connectivity index (χ1) is 22.0. The molecule has 1 N–H and O–H groups in total. The molecule has 0 spiro atoms. The van der Waals surface area contributed by atoms with E-state index in [2.05, 4.69) is 12.1 Å². The van der Waals surface area contributed by atoms with Gasteiger partial charge in [0.05, 0.1) is 36.7 Å². The highest BCUT2D eigenvalue weighted by atomic mass is 19.1. The first-order valence-electron chi connectivity index (χ1n) is 16.0. The van der Waals surface area contributed by atoms with Crippen LogP contribution in [0.2, 0.25) is 0 Å². The van der Waals surface area contributed by atoms with Crippen LogP contribution in [0.5, 0.6) is 5.75 Å². The summed E-state index contributed by atoms with van der Waals surface area (Å²) in [6, 6.07) is 17.4. The molecular weight excluding hydrogens is 569 g/mol. The van der Waals surface area contributed by atoms with Gasteiger partial charge in [0.2, 0.25) is 0 Å². The lowest BCUT2D eigenvalue weighted by Gasteiger charge is -2.19. The molecule has 3 aromatic carbocycles. The molecule has 1 aliphatic heterocycles. The quantitative estimate of drug-likeness (QED) is 0.195. The number of ether oxygens (including phenoxy) is 2. The number of carboxylic acid groups (broad SMARTS) is 1. The number of carbonyl (C=O) groups is 1. The zero-order valence-electron chi connectivity index (χ0n) is 25.9. The van der Waals surface area contributed by atoms with Crippen molar-refractivity contribution in [3.63, 3.8) is 0 Å². The SMILES string of the molecule is CCc1nn(C)c2c1-c1c(F)ccc3c(CCCOc4cccc5c4CCCC5)c(C(=O)O)n(c13)Cc1ccccc1COC2. The van der Waals surface area contributed by atoms with Gasteiger partial charge >= 0.3 is 5.97 Å². The van der Waals surface area contributed by atoms with Crippen molar-refractivity contribution in [2.45, 2.75) is 71.6 Å². The Morgan fingerprint density at radius 3 is 2.62 bits per heavy atom. The number of nitrogens with zero attached hydrogens (tertiary/aromatic N) is 3. The lowest BCUT2D eigenvalue weighted by Crippen LogP contribution is -2.13. The minimum Gasteiger partial charge on any atom is -0.493 e. The molecule has 2 aromatic heterocycles. The summed E-state index contributed by atoms with van der Waals surface area (Å²) in [5.74, 6) is -0.503. The third-order valence-electron chi connectivity index (χ3n) is 9.43. The number of aryl methyl sites for hydroxylation is 4. The smallest absolute Gasteiger partial charge is 0.352 e. The van der Waals surface area contributed by atoms with E-state index in [1.54, 1.807) is 15.3 Å². The summed E-state index contributed by atoms with van der Waals surface area (Å²) in [4.78, 5) is 13.1. The van der Waals surface area contributed by atoms with Gasteiger partial charge in [-0.1, -0.05) is 43.3 Å². The van der Waals surface area contributed by atoms with E-state index in [4.69, 9.17) is 14.6 Å². The van der Waals surface area contributed by atoms with Crippen LogP contribution in [-0.4, -0.2) is 32.0 Å². The maximum Gasteiger partial charge on any atom is 0.352 e. The van der Waals surface area contributed by atoms with E-state index in [1.165, 1.54) is 30.0 Å². The molecule has 3 heterocycles. The second-order valence-corrected chi connectivity index (χ2v) is 12.1. The molecule has 0 atom stereocenters. The third kappa shape index (κ3) is 5.21. The van der Waals surface area contributed by atoms with Gasteiger partial charge in [0.1, 0.15) is 17.3 Å². The molecule has 0 bridgehead atoms. The third-order valence-corrected chi connectivity index (χ3v) is 9.43. The van der Waals surface area contributed by atoms with Gasteiger partial charge in [0.25, 0.3) is 0 Å². The minimum atomic E-state index is -1.03. The van der Waals surface area contributed by atoms with Gasteiger partial charge in [0.15, 0.2) is 0 Å². The van der Waals surface area contributed by atoms with Crippen molar-refractivity contribution in [1.29, 1.82) is 0 Å². The fourth-order valence-corrected chi connectivity index (χ4v) is 7.30. The van der Waals surface area contributed by atoms with Crippen molar-refractivity contribution < 1.29 is 23.8 Å². The van der Waals surface area contributed by atoms with Crippen LogP contribution >= 0.6 is 0 Å². The molecule has 45 heavy (non-hydrogen) atoms. The minimum absolute atomic E-state index is 0.187. The number of hydrogen-bond acceptors (Lipinski definition) is 4. The van der Waals surface area contributed by atoms with Crippen LogP contribution < -0.4 is 4.74 Å². The monoisotopic (exact) mass is 607 g/mol. The highest BCUT2D eigenvalue weighted by molar-refractivity contribution is 6.04. The molecule has 232 valence electrons. The number of aromatic nitrogens is 3. The zero-order valence-corrected chi connectivity index (χ0v) is 25.9. The summed E-state index contributed by atoms with van der Waals surface area (Å²) in [6.45, 7) is 3.34. The summed E-state index contributed by atoms with van der Waals surface area (Å²) in [5, 5.41) is 16.2. The van der Waals surface area contributed by atoms with Gasteiger partial charge in [-0.2, -0.15) is 5.10 Å². The maximum atomic E-state index is 16.2. The van der Waals surface area contributed by atoms with Crippen LogP contribution in [0.4, 0.5) is 4.39 Å². The van der Waals surface area contributed by atoms with Crippen LogP contribution in [-0.2, 0) is 57.2 Å². The average Bonchev–Trinajstić information content (AvgIpc) is 3.52. The van der Waals surface area contributed by atoms with Gasteiger partial charge in [0, 0.05) is 30.1 Å². The standard InChI is InChI=1S/C37H38FN3O4/c1-3-30-34-31(40(2)39-30)22-44-21-25-12-5-4-11-24(25)20-41-35-28(17-18-29(38)33(34)35)27(36(41)37(42)43)15-9-19-45-32-16-8-13-23-10-6-7-14-26(23)32/h4-5,8,11-13,16-18H,3,6-7,9-10,14-15,19-22H2,1-2H3,(H,42,43). The fourth-order valence-electron chi connectivity index (χ4n) is 7.30. The van der Waals surface area contributed by atoms with Gasteiger partial charge in [-0.15, -0.1) is 0 Å². The molecule has 7 rings (SSSR count). The van der Waals surface area contributed by atoms with Crippen molar-refractivity contribution >= 4 is 16.9 Å². The molecule has 2 aliphatic rings. The van der Waals surface area contributed by atoms with Crippen molar-refractivity contribution in [2.24, 2.45) is 7.05 Å². The van der Waals surface area contributed by atoms with E-state index in [0.29, 0.717) is 54.7 Å². The first-order valence-corrected chi connectivity index (χ1v) is 16.0. The molecule has 5 aromatic rings. The molecule has 0 radical (unpaired) electrons. The lowest BCUT2D eigenvalue weighted by atomic mass is 9.91. The normalized spacial score (nSPS) is 14.4. The van der Waals surface area contributed by atoms with Crippen molar-refractivity contribution in [1.82, 2.24) is 14.3 Å². The summed E-state index contributed by atoms with van der Waals surface area (Å²) in [7, 11) is 1.85. The number of carboxylic acids is 1. The molecule has 1 aliphatic carbocycles. The maximum absolute atomic E-state index is 16.2. The largest absolute Gasteiger partial charge is 0.493 e. The number of benzene rings is 3. The molecule has 0 saturated carbocycles. The van der Waals surface area contributed by atoms with E-state index < -0.39 is 11.8 Å². The second kappa shape index (κ2) is 12.2. The Morgan fingerprint density at radius 1 is 1.00 bits per heavy atom. The number of halogens is 1. The molecule has 0 amide bonds. The first kappa shape index (κ1) is 29.3. The van der Waals surface area contributed by atoms with Gasteiger partial charge in [-0.05, 0) is 91.0 Å². The lowest BCUT2D eigenvalue weighted by molar-refractivity contribution is 0.0684. The summed E-state index contributed by atoms with van der Waals surface area (Å²) in [6.07, 6.45) is 6.19. The molecule has 8 heteroatoms. The Kier molecular flexibility index (Phi) is 7.92. The Hall–Kier alpha value is -4.43. The molecule has 0 unspecified atom stereocenters. The van der Waals surface area contributed by atoms with E-state index in [0.717, 1.165) is 46.5 Å². The zero-order chi connectivity index (χ0) is 31.1. The van der Waals surface area contributed by atoms with E-state index >= 15 is 4.39 Å². The van der Waals surface area contributed by atoms with Crippen LogP contribution in [0, 0.1) is 5.82 Å². The fraction of sp³-hybridized carbons (Fsp3) is 0.351. The predicted octanol–water partition coefficient (Wildman–Crippen LogP) is 7.41. The van der Waals surface area contributed by atoms with E-state index in [-0.39, 0.29) is 18.8 Å². The Bertz CT molecular complexity index is 1920. The number of rotatable bonds is 7. The summed E-state index contributed by atoms with van der Waals surface area (Å²) < 4.78 is 32.3. The van der Waals surface area contributed by atoms with Crippen LogP contribution in [0.1, 0.15) is 75.9 Å². The number of aromatic carboxylic acids is 1. The summed E-state index contributed by atoms with van der Waals surface area (Å²) in [5.41, 5.74) is 8.64. The number of hydrogen-bond donors (Lipinski definition) is 1. The second-order valence-electron chi connectivity index (χ2n) is 12.1. The Labute approximate surface area is 262 Å². The molecule has 7 nitrogen and oxygen atoms in total. The highest BCUT2D eigenvalue weighted by Gasteiger charge is 2.30. The van der Waals surface area contributed by atoms with Gasteiger partial charge in [-0.3, -0.25) is 4.68 Å².